The number of ether oxygens (including phenoxy) is 5. The molecule has 0 aromatic heterocycles. The molecule has 0 aliphatic carbocycles. The van der Waals surface area contributed by atoms with E-state index in [-0.39, 0.29) is 24.5 Å². The second-order valence-electron chi connectivity index (χ2n) is 5.79. The maximum Gasteiger partial charge on any atom is 0.302 e. The molecular formula is C17H22O6. The van der Waals surface area contributed by atoms with Crippen LogP contribution >= 0.6 is 0 Å². The van der Waals surface area contributed by atoms with Gasteiger partial charge in [0.2, 0.25) is 0 Å². The highest BCUT2D eigenvalue weighted by molar-refractivity contribution is 5.66. The van der Waals surface area contributed by atoms with E-state index in [1.54, 1.807) is 0 Å². The Morgan fingerprint density at radius 2 is 2.04 bits per heavy atom. The molecule has 0 saturated carbocycles. The first-order valence-electron chi connectivity index (χ1n) is 7.87. The molecule has 23 heavy (non-hydrogen) atoms. The Morgan fingerprint density at radius 3 is 2.78 bits per heavy atom. The number of carbonyl (C=O) groups excluding carboxylic acids is 1. The summed E-state index contributed by atoms with van der Waals surface area (Å²) in [5.41, 5.74) is 1.06. The molecule has 2 saturated heterocycles. The molecule has 6 heteroatoms. The number of hydrogen-bond acceptors (Lipinski definition) is 6. The Kier molecular flexibility index (Phi) is 5.27. The van der Waals surface area contributed by atoms with E-state index in [1.165, 1.54) is 6.92 Å². The van der Waals surface area contributed by atoms with Crippen LogP contribution in [0.25, 0.3) is 0 Å². The maximum absolute atomic E-state index is 11.4. The molecular weight excluding hydrogens is 300 g/mol. The second kappa shape index (κ2) is 7.40. The van der Waals surface area contributed by atoms with Crippen LogP contribution in [0.3, 0.4) is 0 Å². The van der Waals surface area contributed by atoms with Gasteiger partial charge in [-0.05, 0) is 12.5 Å². The van der Waals surface area contributed by atoms with Crippen molar-refractivity contribution in [1.82, 2.24) is 0 Å². The van der Waals surface area contributed by atoms with Crippen LogP contribution in [0.1, 0.15) is 25.8 Å². The van der Waals surface area contributed by atoms with Gasteiger partial charge in [-0.2, -0.15) is 0 Å². The van der Waals surface area contributed by atoms with Gasteiger partial charge in [-0.3, -0.25) is 4.79 Å². The molecule has 0 spiro atoms. The molecule has 1 unspecified atom stereocenters. The lowest BCUT2D eigenvalue weighted by atomic mass is 10.0. The predicted molar refractivity (Wildman–Crippen MR) is 80.4 cm³/mol. The van der Waals surface area contributed by atoms with Crippen molar-refractivity contribution in [2.45, 2.75) is 57.8 Å². The molecule has 0 radical (unpaired) electrons. The molecule has 3 rings (SSSR count). The van der Waals surface area contributed by atoms with Crippen LogP contribution in [0.15, 0.2) is 30.3 Å². The molecule has 126 valence electrons. The Balaban J connectivity index is 1.62. The summed E-state index contributed by atoms with van der Waals surface area (Å²) < 4.78 is 28.4. The van der Waals surface area contributed by atoms with Crippen molar-refractivity contribution < 1.29 is 28.5 Å². The lowest BCUT2D eigenvalue weighted by Crippen LogP contribution is -2.57. The van der Waals surface area contributed by atoms with E-state index in [0.29, 0.717) is 19.6 Å². The molecule has 5 atom stereocenters. The average molecular weight is 322 g/mol. The van der Waals surface area contributed by atoms with Crippen molar-refractivity contribution in [1.29, 1.82) is 0 Å². The summed E-state index contributed by atoms with van der Waals surface area (Å²) in [4.78, 5) is 11.4. The molecule has 0 N–H and O–H groups in total. The van der Waals surface area contributed by atoms with Gasteiger partial charge < -0.3 is 23.7 Å². The number of benzene rings is 1. The standard InChI is InChI=1S/C17H22O6/c1-11(18)21-14-8-16(20-9-13-6-4-3-5-7-13)23-15-10-19-12(2)22-17(14)15/h3-7,12,14-17H,8-10H2,1-2H3/t12?,14-,15+,16-,17-/m0/s1. The smallest absolute Gasteiger partial charge is 0.302 e. The first kappa shape index (κ1) is 16.4. The summed E-state index contributed by atoms with van der Waals surface area (Å²) in [6, 6.07) is 9.86. The summed E-state index contributed by atoms with van der Waals surface area (Å²) in [7, 11) is 0. The van der Waals surface area contributed by atoms with Crippen molar-refractivity contribution in [3.05, 3.63) is 35.9 Å². The molecule has 2 aliphatic heterocycles. The van der Waals surface area contributed by atoms with E-state index >= 15 is 0 Å². The number of rotatable bonds is 4. The minimum Gasteiger partial charge on any atom is -0.459 e. The van der Waals surface area contributed by atoms with Crippen molar-refractivity contribution in [3.8, 4) is 0 Å². The van der Waals surface area contributed by atoms with Gasteiger partial charge >= 0.3 is 5.97 Å². The maximum atomic E-state index is 11.4. The summed E-state index contributed by atoms with van der Waals surface area (Å²) in [5.74, 6) is -0.333. The summed E-state index contributed by atoms with van der Waals surface area (Å²) in [6.45, 7) is 4.05. The van der Waals surface area contributed by atoms with E-state index < -0.39 is 12.4 Å². The van der Waals surface area contributed by atoms with Crippen molar-refractivity contribution in [2.75, 3.05) is 6.61 Å². The van der Waals surface area contributed by atoms with E-state index in [0.717, 1.165) is 5.56 Å². The van der Waals surface area contributed by atoms with Gasteiger partial charge in [0.15, 0.2) is 12.6 Å². The third kappa shape index (κ3) is 4.29. The summed E-state index contributed by atoms with van der Waals surface area (Å²) in [6.07, 6.45) is -1.36. The highest BCUT2D eigenvalue weighted by atomic mass is 16.7. The number of esters is 1. The first-order chi connectivity index (χ1) is 11.1. The van der Waals surface area contributed by atoms with Crippen LogP contribution in [-0.4, -0.2) is 43.5 Å². The van der Waals surface area contributed by atoms with E-state index in [1.807, 2.05) is 37.3 Å². The van der Waals surface area contributed by atoms with Crippen molar-refractivity contribution in [2.24, 2.45) is 0 Å². The van der Waals surface area contributed by atoms with Gasteiger partial charge in [0.05, 0.1) is 13.2 Å². The molecule has 0 bridgehead atoms. The second-order valence-corrected chi connectivity index (χ2v) is 5.79. The van der Waals surface area contributed by atoms with Crippen LogP contribution in [0.4, 0.5) is 0 Å². The van der Waals surface area contributed by atoms with E-state index in [9.17, 15) is 4.79 Å². The molecule has 2 fully saturated rings. The molecule has 1 aromatic carbocycles. The normalized spacial score (nSPS) is 33.7. The first-order valence-corrected chi connectivity index (χ1v) is 7.87. The Morgan fingerprint density at radius 1 is 1.26 bits per heavy atom. The highest BCUT2D eigenvalue weighted by Gasteiger charge is 2.45. The van der Waals surface area contributed by atoms with Crippen LogP contribution < -0.4 is 0 Å². The number of hydrogen-bond donors (Lipinski definition) is 0. The Labute approximate surface area is 135 Å². The molecule has 0 amide bonds. The lowest BCUT2D eigenvalue weighted by molar-refractivity contribution is -0.332. The minimum absolute atomic E-state index is 0.301. The van der Waals surface area contributed by atoms with E-state index in [2.05, 4.69) is 0 Å². The molecule has 6 nitrogen and oxygen atoms in total. The van der Waals surface area contributed by atoms with Gasteiger partial charge in [-0.25, -0.2) is 0 Å². The monoisotopic (exact) mass is 322 g/mol. The zero-order valence-corrected chi connectivity index (χ0v) is 13.3. The van der Waals surface area contributed by atoms with Gasteiger partial charge in [-0.15, -0.1) is 0 Å². The molecule has 2 aliphatic rings. The lowest BCUT2D eigenvalue weighted by Gasteiger charge is -2.44. The predicted octanol–water partition coefficient (Wildman–Crippen LogP) is 2.01. The van der Waals surface area contributed by atoms with Gasteiger partial charge in [0, 0.05) is 13.3 Å². The third-order valence-electron chi connectivity index (χ3n) is 3.92. The van der Waals surface area contributed by atoms with E-state index in [4.69, 9.17) is 23.7 Å². The zero-order valence-electron chi connectivity index (χ0n) is 13.3. The fourth-order valence-electron chi connectivity index (χ4n) is 2.89. The molecule has 2 heterocycles. The topological polar surface area (TPSA) is 63.2 Å². The summed E-state index contributed by atoms with van der Waals surface area (Å²) in [5, 5.41) is 0. The fourth-order valence-corrected chi connectivity index (χ4v) is 2.89. The SMILES string of the molecule is CC(=O)O[C@H]1C[C@@H](OCc2ccccc2)O[C@@H]2COC(C)O[C@@H]12. The van der Waals surface area contributed by atoms with Gasteiger partial charge in [0.25, 0.3) is 0 Å². The van der Waals surface area contributed by atoms with Gasteiger partial charge in [-0.1, -0.05) is 30.3 Å². The largest absolute Gasteiger partial charge is 0.459 e. The summed E-state index contributed by atoms with van der Waals surface area (Å²) >= 11 is 0. The van der Waals surface area contributed by atoms with Crippen LogP contribution in [0.2, 0.25) is 0 Å². The van der Waals surface area contributed by atoms with Crippen LogP contribution in [0.5, 0.6) is 0 Å². The van der Waals surface area contributed by atoms with Crippen LogP contribution in [-0.2, 0) is 35.1 Å². The van der Waals surface area contributed by atoms with Crippen LogP contribution in [0, 0.1) is 0 Å². The molecule has 1 aromatic rings. The van der Waals surface area contributed by atoms with Crippen molar-refractivity contribution >= 4 is 5.97 Å². The minimum atomic E-state index is -0.457. The quantitative estimate of drug-likeness (QED) is 0.790. The third-order valence-corrected chi connectivity index (χ3v) is 3.92. The Hall–Kier alpha value is -1.47. The number of carbonyl (C=O) groups is 1. The highest BCUT2D eigenvalue weighted by Crippen LogP contribution is 2.30. The number of fused-ring (bicyclic) bond motifs is 1. The zero-order chi connectivity index (χ0) is 16.2. The fraction of sp³-hybridized carbons (Fsp3) is 0.588. The van der Waals surface area contributed by atoms with Crippen molar-refractivity contribution in [3.63, 3.8) is 0 Å². The Bertz CT molecular complexity index is 519. The van der Waals surface area contributed by atoms with Gasteiger partial charge in [0.1, 0.15) is 18.3 Å². The average Bonchev–Trinajstić information content (AvgIpc) is 2.54.